The van der Waals surface area contributed by atoms with Gasteiger partial charge in [0, 0.05) is 12.8 Å². The van der Waals surface area contributed by atoms with Crippen LogP contribution in [0.15, 0.2) is 12.2 Å². The summed E-state index contributed by atoms with van der Waals surface area (Å²) in [6.45, 7) is 15.1. The third-order valence-corrected chi connectivity index (χ3v) is 5.15. The summed E-state index contributed by atoms with van der Waals surface area (Å²) in [4.78, 5) is 52.1. The molecule has 0 aromatic rings. The van der Waals surface area contributed by atoms with Gasteiger partial charge < -0.3 is 24.6 Å². The standard InChI is InChI=1S/C25H42N2O8/c1-10-12-16-13-17(22(31)34-24(4,5)6)27(23(32)35-25(7,8)9)21(16)20(26-15(3)28)18(29)14-19(30)33-11-2/h10,12,16-18,20-21,29H,11,13-14H2,1-9H3,(H,26,28)/b12-10-/t16-,17-,18?,20-,21-/m1/s1. The Balaban J connectivity index is 3.58. The number of hydrogen-bond acceptors (Lipinski definition) is 8. The Morgan fingerprint density at radius 3 is 2.11 bits per heavy atom. The molecule has 0 bridgehead atoms. The molecule has 0 aliphatic carbocycles. The second kappa shape index (κ2) is 12.4. The summed E-state index contributed by atoms with van der Waals surface area (Å²) in [5.41, 5.74) is -1.67. The van der Waals surface area contributed by atoms with Gasteiger partial charge in [-0.2, -0.15) is 0 Å². The van der Waals surface area contributed by atoms with Gasteiger partial charge in [0.05, 0.1) is 31.2 Å². The van der Waals surface area contributed by atoms with Gasteiger partial charge >= 0.3 is 18.0 Å². The number of esters is 2. The van der Waals surface area contributed by atoms with Crippen LogP contribution in [0.2, 0.25) is 0 Å². The van der Waals surface area contributed by atoms with Crippen LogP contribution in [0.25, 0.3) is 0 Å². The maximum Gasteiger partial charge on any atom is 0.411 e. The fraction of sp³-hybridized carbons (Fsp3) is 0.760. The largest absolute Gasteiger partial charge is 0.466 e. The van der Waals surface area contributed by atoms with E-state index in [1.807, 2.05) is 0 Å². The van der Waals surface area contributed by atoms with E-state index in [0.717, 1.165) is 0 Å². The first kappa shape index (κ1) is 30.4. The summed E-state index contributed by atoms with van der Waals surface area (Å²) in [7, 11) is 0. The summed E-state index contributed by atoms with van der Waals surface area (Å²) in [6, 6.07) is -3.01. The van der Waals surface area contributed by atoms with E-state index in [-0.39, 0.29) is 13.0 Å². The van der Waals surface area contributed by atoms with E-state index in [1.54, 1.807) is 67.5 Å². The van der Waals surface area contributed by atoms with E-state index < -0.39 is 71.7 Å². The van der Waals surface area contributed by atoms with Crippen LogP contribution in [0, 0.1) is 5.92 Å². The molecule has 0 aromatic carbocycles. The number of nitrogens with zero attached hydrogens (tertiary/aromatic N) is 1. The molecule has 200 valence electrons. The van der Waals surface area contributed by atoms with Crippen molar-refractivity contribution in [3.05, 3.63) is 12.2 Å². The first-order chi connectivity index (χ1) is 16.0. The molecule has 10 heteroatoms. The summed E-state index contributed by atoms with van der Waals surface area (Å²) >= 11 is 0. The smallest absolute Gasteiger partial charge is 0.411 e. The molecule has 1 heterocycles. The Kier molecular flexibility index (Phi) is 10.8. The molecule has 0 aromatic heterocycles. The number of aliphatic hydroxyl groups excluding tert-OH is 1. The molecular formula is C25H42N2O8. The second-order valence-electron chi connectivity index (χ2n) is 10.7. The van der Waals surface area contributed by atoms with Gasteiger partial charge in [0.25, 0.3) is 0 Å². The summed E-state index contributed by atoms with van der Waals surface area (Å²) < 4.78 is 16.2. The molecule has 1 aliphatic rings. The zero-order valence-corrected chi connectivity index (χ0v) is 22.4. The van der Waals surface area contributed by atoms with Crippen molar-refractivity contribution in [2.45, 2.75) is 111 Å². The summed E-state index contributed by atoms with van der Waals surface area (Å²) in [5, 5.41) is 13.7. The van der Waals surface area contributed by atoms with E-state index in [2.05, 4.69) is 5.32 Å². The minimum absolute atomic E-state index is 0.131. The Morgan fingerprint density at radius 1 is 1.09 bits per heavy atom. The van der Waals surface area contributed by atoms with Crippen LogP contribution in [0.4, 0.5) is 4.79 Å². The number of allylic oxidation sites excluding steroid dienone is 1. The first-order valence-electron chi connectivity index (χ1n) is 12.0. The van der Waals surface area contributed by atoms with E-state index in [0.29, 0.717) is 0 Å². The highest BCUT2D eigenvalue weighted by molar-refractivity contribution is 5.83. The number of likely N-dealkylation sites (tertiary alicyclic amines) is 1. The van der Waals surface area contributed by atoms with Gasteiger partial charge in [0.15, 0.2) is 0 Å². The molecule has 35 heavy (non-hydrogen) atoms. The normalized spacial score (nSPS) is 22.5. The molecule has 2 amide bonds. The molecule has 0 radical (unpaired) electrons. The topological polar surface area (TPSA) is 131 Å². The Hall–Kier alpha value is -2.62. The van der Waals surface area contributed by atoms with Crippen LogP contribution in [-0.4, -0.2) is 76.0 Å². The molecule has 1 unspecified atom stereocenters. The van der Waals surface area contributed by atoms with Crippen LogP contribution < -0.4 is 5.32 Å². The van der Waals surface area contributed by atoms with E-state index in [4.69, 9.17) is 14.2 Å². The number of nitrogens with one attached hydrogen (secondary N) is 1. The zero-order chi connectivity index (χ0) is 27.1. The van der Waals surface area contributed by atoms with Gasteiger partial charge in [0.1, 0.15) is 17.2 Å². The van der Waals surface area contributed by atoms with Gasteiger partial charge in [-0.25, -0.2) is 9.59 Å². The van der Waals surface area contributed by atoms with Crippen LogP contribution in [-0.2, 0) is 28.6 Å². The number of aliphatic hydroxyl groups is 1. The van der Waals surface area contributed by atoms with Gasteiger partial charge in [-0.15, -0.1) is 0 Å². The Bertz CT molecular complexity index is 796. The predicted molar refractivity (Wildman–Crippen MR) is 129 cm³/mol. The number of hydrogen-bond donors (Lipinski definition) is 2. The van der Waals surface area contributed by atoms with Crippen molar-refractivity contribution in [1.29, 1.82) is 0 Å². The molecule has 1 aliphatic heterocycles. The second-order valence-corrected chi connectivity index (χ2v) is 10.7. The molecular weight excluding hydrogens is 456 g/mol. The summed E-state index contributed by atoms with van der Waals surface area (Å²) in [5.74, 6) is -2.19. The molecule has 1 saturated heterocycles. The number of rotatable bonds is 8. The van der Waals surface area contributed by atoms with Crippen molar-refractivity contribution in [3.63, 3.8) is 0 Å². The van der Waals surface area contributed by atoms with Gasteiger partial charge in [0.2, 0.25) is 5.91 Å². The van der Waals surface area contributed by atoms with Gasteiger partial charge in [-0.1, -0.05) is 12.2 Å². The SMILES string of the molecule is C/C=C\[C@@H]1C[C@H](C(=O)OC(C)(C)C)N(C(=O)OC(C)(C)C)[C@H]1[C@H](NC(C)=O)C(O)CC(=O)OCC. The van der Waals surface area contributed by atoms with Crippen molar-refractivity contribution in [2.75, 3.05) is 6.61 Å². The highest BCUT2D eigenvalue weighted by atomic mass is 16.6. The average molecular weight is 499 g/mol. The minimum atomic E-state index is -1.39. The molecule has 0 saturated carbocycles. The third-order valence-electron chi connectivity index (χ3n) is 5.15. The van der Waals surface area contributed by atoms with E-state index >= 15 is 0 Å². The highest BCUT2D eigenvalue weighted by Crippen LogP contribution is 2.37. The van der Waals surface area contributed by atoms with Crippen molar-refractivity contribution in [1.82, 2.24) is 10.2 Å². The predicted octanol–water partition coefficient (Wildman–Crippen LogP) is 2.72. The fourth-order valence-electron chi connectivity index (χ4n) is 4.11. The lowest BCUT2D eigenvalue weighted by atomic mass is 9.88. The highest BCUT2D eigenvalue weighted by Gasteiger charge is 2.53. The van der Waals surface area contributed by atoms with Crippen LogP contribution >= 0.6 is 0 Å². The first-order valence-corrected chi connectivity index (χ1v) is 12.0. The minimum Gasteiger partial charge on any atom is -0.466 e. The van der Waals surface area contributed by atoms with E-state index in [1.165, 1.54) is 11.8 Å². The number of carbonyl (C=O) groups excluding carboxylic acids is 4. The van der Waals surface area contributed by atoms with Crippen molar-refractivity contribution < 1.29 is 38.5 Å². The monoisotopic (exact) mass is 498 g/mol. The summed E-state index contributed by atoms with van der Waals surface area (Å²) in [6.07, 6.45) is 1.17. The van der Waals surface area contributed by atoms with Crippen LogP contribution in [0.3, 0.4) is 0 Å². The maximum atomic E-state index is 13.4. The number of ether oxygens (including phenoxy) is 3. The van der Waals surface area contributed by atoms with E-state index in [9.17, 15) is 24.3 Å². The van der Waals surface area contributed by atoms with Gasteiger partial charge in [-0.05, 0) is 61.8 Å². The lowest BCUT2D eigenvalue weighted by Gasteiger charge is -2.39. The third kappa shape index (κ3) is 9.51. The van der Waals surface area contributed by atoms with Gasteiger partial charge in [-0.3, -0.25) is 14.5 Å². The lowest BCUT2D eigenvalue weighted by Crippen LogP contribution is -2.60. The Labute approximate surface area is 208 Å². The van der Waals surface area contributed by atoms with Crippen LogP contribution in [0.1, 0.15) is 75.2 Å². The van der Waals surface area contributed by atoms with Crippen molar-refractivity contribution >= 4 is 23.9 Å². The molecule has 10 nitrogen and oxygen atoms in total. The zero-order valence-electron chi connectivity index (χ0n) is 22.4. The number of amides is 2. The van der Waals surface area contributed by atoms with Crippen molar-refractivity contribution in [3.8, 4) is 0 Å². The molecule has 0 spiro atoms. The fourth-order valence-corrected chi connectivity index (χ4v) is 4.11. The number of carbonyl (C=O) groups is 4. The van der Waals surface area contributed by atoms with Crippen LogP contribution in [0.5, 0.6) is 0 Å². The average Bonchev–Trinajstić information content (AvgIpc) is 3.03. The molecule has 1 rings (SSSR count). The quantitative estimate of drug-likeness (QED) is 0.297. The lowest BCUT2D eigenvalue weighted by molar-refractivity contribution is -0.161. The van der Waals surface area contributed by atoms with Crippen molar-refractivity contribution in [2.24, 2.45) is 5.92 Å². The molecule has 1 fully saturated rings. The Morgan fingerprint density at radius 2 is 1.66 bits per heavy atom. The molecule has 2 N–H and O–H groups in total. The maximum absolute atomic E-state index is 13.4. The molecule has 5 atom stereocenters.